The first-order chi connectivity index (χ1) is 10.7. The number of aromatic amines is 1. The maximum Gasteiger partial charge on any atom is 0.252 e. The zero-order chi connectivity index (χ0) is 15.5. The first-order valence-corrected chi connectivity index (χ1v) is 8.09. The second-order valence-electron chi connectivity index (χ2n) is 6.48. The highest BCUT2D eigenvalue weighted by molar-refractivity contribution is 5.78. The molecule has 1 saturated carbocycles. The normalized spacial score (nSPS) is 22.3. The van der Waals surface area contributed by atoms with Gasteiger partial charge in [0.15, 0.2) is 0 Å². The van der Waals surface area contributed by atoms with Crippen LogP contribution >= 0.6 is 0 Å². The average molecular weight is 300 g/mol. The van der Waals surface area contributed by atoms with Crippen LogP contribution in [-0.2, 0) is 6.54 Å². The Morgan fingerprint density at radius 3 is 2.68 bits per heavy atom. The van der Waals surface area contributed by atoms with Crippen molar-refractivity contribution in [1.82, 2.24) is 9.88 Å². The first kappa shape index (κ1) is 15.3. The summed E-state index contributed by atoms with van der Waals surface area (Å²) < 4.78 is 0. The van der Waals surface area contributed by atoms with Crippen molar-refractivity contribution >= 4 is 10.9 Å². The second kappa shape index (κ2) is 6.63. The van der Waals surface area contributed by atoms with Gasteiger partial charge in [-0.25, -0.2) is 0 Å². The van der Waals surface area contributed by atoms with Crippen LogP contribution in [0.15, 0.2) is 35.1 Å². The Bertz CT molecular complexity index is 687. The maximum absolute atomic E-state index is 12.2. The van der Waals surface area contributed by atoms with E-state index in [9.17, 15) is 9.90 Å². The van der Waals surface area contributed by atoms with Crippen LogP contribution in [0.25, 0.3) is 10.9 Å². The van der Waals surface area contributed by atoms with E-state index < -0.39 is 0 Å². The molecule has 1 heterocycles. The molecule has 4 nitrogen and oxygen atoms in total. The molecule has 4 heteroatoms. The summed E-state index contributed by atoms with van der Waals surface area (Å²) in [6, 6.07) is 10.4. The Kier molecular flexibility index (Phi) is 4.60. The lowest BCUT2D eigenvalue weighted by atomic mass is 9.86. The number of hydrogen-bond donors (Lipinski definition) is 2. The smallest absolute Gasteiger partial charge is 0.252 e. The van der Waals surface area contributed by atoms with E-state index in [4.69, 9.17) is 0 Å². The lowest BCUT2D eigenvalue weighted by Crippen LogP contribution is -2.36. The molecule has 1 aromatic carbocycles. The van der Waals surface area contributed by atoms with Gasteiger partial charge in [0, 0.05) is 30.3 Å². The van der Waals surface area contributed by atoms with Crippen LogP contribution in [0.2, 0.25) is 0 Å². The molecule has 0 aliphatic heterocycles. The lowest BCUT2D eigenvalue weighted by molar-refractivity contribution is 0.124. The predicted molar refractivity (Wildman–Crippen MR) is 88.9 cm³/mol. The van der Waals surface area contributed by atoms with E-state index in [0.717, 1.165) is 42.1 Å². The summed E-state index contributed by atoms with van der Waals surface area (Å²) >= 11 is 0. The number of hydrogen-bond acceptors (Lipinski definition) is 3. The van der Waals surface area contributed by atoms with Crippen LogP contribution in [0, 0.1) is 5.92 Å². The second-order valence-corrected chi connectivity index (χ2v) is 6.48. The molecule has 2 aromatic rings. The number of aromatic nitrogens is 1. The Hall–Kier alpha value is -1.65. The third-order valence-electron chi connectivity index (χ3n) is 4.95. The number of nitrogens with zero attached hydrogens (tertiary/aromatic N) is 1. The Morgan fingerprint density at radius 1 is 1.23 bits per heavy atom. The molecule has 1 aromatic heterocycles. The summed E-state index contributed by atoms with van der Waals surface area (Å²) in [7, 11) is 2.10. The van der Waals surface area contributed by atoms with Gasteiger partial charge < -0.3 is 10.1 Å². The summed E-state index contributed by atoms with van der Waals surface area (Å²) in [6.07, 6.45) is 4.37. The predicted octanol–water partition coefficient (Wildman–Crippen LogP) is 2.51. The van der Waals surface area contributed by atoms with Gasteiger partial charge in [0.25, 0.3) is 5.56 Å². The number of pyridine rings is 1. The molecule has 0 radical (unpaired) electrons. The molecule has 1 aliphatic carbocycles. The number of aliphatic hydroxyl groups excluding tert-OH is 1. The van der Waals surface area contributed by atoms with Gasteiger partial charge in [0.1, 0.15) is 0 Å². The summed E-state index contributed by atoms with van der Waals surface area (Å²) in [6.45, 7) is 0.982. The number of H-pyrrole nitrogens is 1. The molecule has 2 N–H and O–H groups in total. The summed E-state index contributed by atoms with van der Waals surface area (Å²) in [4.78, 5) is 17.5. The minimum absolute atomic E-state index is 0.00888. The standard InChI is InChI=1S/C18H24N2O2/c1-20(16-8-6-13(12-21)7-9-16)11-15-10-14-4-2-3-5-17(14)19-18(15)22/h2-5,10,13,16,21H,6-9,11-12H2,1H3,(H,19,22). The van der Waals surface area contributed by atoms with E-state index in [1.54, 1.807) is 0 Å². The number of aliphatic hydroxyl groups is 1. The van der Waals surface area contributed by atoms with Gasteiger partial charge in [0.2, 0.25) is 0 Å². The van der Waals surface area contributed by atoms with Crippen molar-refractivity contribution in [2.45, 2.75) is 38.3 Å². The number of fused-ring (bicyclic) bond motifs is 1. The molecule has 0 spiro atoms. The lowest BCUT2D eigenvalue weighted by Gasteiger charge is -2.34. The van der Waals surface area contributed by atoms with E-state index in [0.29, 0.717) is 25.1 Å². The molecule has 0 unspecified atom stereocenters. The van der Waals surface area contributed by atoms with Crippen molar-refractivity contribution in [3.05, 3.63) is 46.2 Å². The topological polar surface area (TPSA) is 56.3 Å². The van der Waals surface area contributed by atoms with Crippen LogP contribution in [0.5, 0.6) is 0 Å². The first-order valence-electron chi connectivity index (χ1n) is 8.09. The fraction of sp³-hybridized carbons (Fsp3) is 0.500. The monoisotopic (exact) mass is 300 g/mol. The van der Waals surface area contributed by atoms with Gasteiger partial charge in [0.05, 0.1) is 0 Å². The zero-order valence-corrected chi connectivity index (χ0v) is 13.1. The van der Waals surface area contributed by atoms with Gasteiger partial charge in [-0.3, -0.25) is 9.69 Å². The number of benzene rings is 1. The quantitative estimate of drug-likeness (QED) is 0.912. The molecule has 0 amide bonds. The highest BCUT2D eigenvalue weighted by Gasteiger charge is 2.23. The maximum atomic E-state index is 12.2. The van der Waals surface area contributed by atoms with E-state index in [-0.39, 0.29) is 5.56 Å². The highest BCUT2D eigenvalue weighted by atomic mass is 16.3. The molecule has 0 saturated heterocycles. The molecule has 118 valence electrons. The van der Waals surface area contributed by atoms with Crippen LogP contribution in [0.1, 0.15) is 31.2 Å². The molecule has 22 heavy (non-hydrogen) atoms. The Labute approximate surface area is 130 Å². The van der Waals surface area contributed by atoms with Crippen LogP contribution in [-0.4, -0.2) is 34.7 Å². The molecular weight excluding hydrogens is 276 g/mol. The number of para-hydroxylation sites is 1. The Morgan fingerprint density at radius 2 is 1.95 bits per heavy atom. The highest BCUT2D eigenvalue weighted by Crippen LogP contribution is 2.27. The molecular formula is C18H24N2O2. The van der Waals surface area contributed by atoms with Crippen molar-refractivity contribution < 1.29 is 5.11 Å². The SMILES string of the molecule is CN(Cc1cc2ccccc2[nH]c1=O)C1CCC(CO)CC1. The number of rotatable bonds is 4. The minimum Gasteiger partial charge on any atom is -0.396 e. The van der Waals surface area contributed by atoms with Gasteiger partial charge in [-0.2, -0.15) is 0 Å². The summed E-state index contributed by atoms with van der Waals surface area (Å²) in [5.74, 6) is 0.466. The molecule has 0 atom stereocenters. The summed E-state index contributed by atoms with van der Waals surface area (Å²) in [5.41, 5.74) is 1.72. The van der Waals surface area contributed by atoms with Gasteiger partial charge in [-0.05, 0) is 56.2 Å². The molecule has 1 fully saturated rings. The van der Waals surface area contributed by atoms with E-state index >= 15 is 0 Å². The van der Waals surface area contributed by atoms with Crippen LogP contribution in [0.4, 0.5) is 0 Å². The van der Waals surface area contributed by atoms with Gasteiger partial charge in [-0.1, -0.05) is 18.2 Å². The fourth-order valence-corrected chi connectivity index (χ4v) is 3.48. The Balaban J connectivity index is 1.72. The van der Waals surface area contributed by atoms with E-state index in [1.165, 1.54) is 0 Å². The van der Waals surface area contributed by atoms with Crippen molar-refractivity contribution in [1.29, 1.82) is 0 Å². The van der Waals surface area contributed by atoms with Crippen LogP contribution < -0.4 is 5.56 Å². The van der Waals surface area contributed by atoms with Crippen molar-refractivity contribution in [3.63, 3.8) is 0 Å². The summed E-state index contributed by atoms with van der Waals surface area (Å²) in [5, 5.41) is 10.3. The van der Waals surface area contributed by atoms with Crippen molar-refractivity contribution in [2.75, 3.05) is 13.7 Å². The minimum atomic E-state index is 0.00888. The average Bonchev–Trinajstić information content (AvgIpc) is 2.55. The molecule has 1 aliphatic rings. The molecule has 0 bridgehead atoms. The molecule has 3 rings (SSSR count). The fourth-order valence-electron chi connectivity index (χ4n) is 3.48. The van der Waals surface area contributed by atoms with E-state index in [2.05, 4.69) is 16.9 Å². The van der Waals surface area contributed by atoms with Crippen LogP contribution in [0.3, 0.4) is 0 Å². The zero-order valence-electron chi connectivity index (χ0n) is 13.1. The van der Waals surface area contributed by atoms with Crippen molar-refractivity contribution in [3.8, 4) is 0 Å². The third-order valence-corrected chi connectivity index (χ3v) is 4.95. The van der Waals surface area contributed by atoms with Crippen molar-refractivity contribution in [2.24, 2.45) is 5.92 Å². The largest absolute Gasteiger partial charge is 0.396 e. The van der Waals surface area contributed by atoms with E-state index in [1.807, 2.05) is 30.3 Å². The van der Waals surface area contributed by atoms with Gasteiger partial charge >= 0.3 is 0 Å². The number of nitrogens with one attached hydrogen (secondary N) is 1. The third kappa shape index (κ3) is 3.23. The van der Waals surface area contributed by atoms with Gasteiger partial charge in [-0.15, -0.1) is 0 Å².